The number of benzene rings is 2. The molecule has 0 unspecified atom stereocenters. The molecule has 20 heavy (non-hydrogen) atoms. The van der Waals surface area contributed by atoms with E-state index >= 15 is 0 Å². The van der Waals surface area contributed by atoms with Crippen molar-refractivity contribution in [1.82, 2.24) is 15.0 Å². The summed E-state index contributed by atoms with van der Waals surface area (Å²) in [7, 11) is 0. The second-order valence-electron chi connectivity index (χ2n) is 4.65. The summed E-state index contributed by atoms with van der Waals surface area (Å²) in [5, 5.41) is 2.03. The Balaban J connectivity index is 2.14. The van der Waals surface area contributed by atoms with E-state index in [4.69, 9.17) is 0 Å². The first-order valence-electron chi connectivity index (χ1n) is 6.29. The van der Waals surface area contributed by atoms with Gasteiger partial charge in [-0.2, -0.15) is 0 Å². The van der Waals surface area contributed by atoms with Crippen LogP contribution in [0, 0.1) is 5.82 Å². The first-order chi connectivity index (χ1) is 9.83. The molecule has 4 aromatic rings. The first kappa shape index (κ1) is 11.1. The van der Waals surface area contributed by atoms with Gasteiger partial charge in [-0.25, -0.2) is 9.37 Å². The smallest absolute Gasteiger partial charge is 0.123 e. The SMILES string of the molecule is Fc1cccc(-c2cc3[nH]cncc3c3ccnc23)c1. The van der Waals surface area contributed by atoms with Crippen molar-refractivity contribution in [1.29, 1.82) is 0 Å². The molecular weight excluding hydrogens is 253 g/mol. The molecule has 0 amide bonds. The van der Waals surface area contributed by atoms with E-state index in [1.807, 2.05) is 24.4 Å². The minimum Gasteiger partial charge on any atom is -0.346 e. The summed E-state index contributed by atoms with van der Waals surface area (Å²) < 4.78 is 13.5. The molecule has 2 aromatic carbocycles. The third kappa shape index (κ3) is 1.58. The molecule has 0 aliphatic carbocycles. The lowest BCUT2D eigenvalue weighted by atomic mass is 10.0. The predicted molar refractivity (Wildman–Crippen MR) is 76.8 cm³/mol. The van der Waals surface area contributed by atoms with E-state index in [2.05, 4.69) is 15.0 Å². The number of rotatable bonds is 1. The number of hydrogen-bond donors (Lipinski definition) is 1. The average Bonchev–Trinajstić information content (AvgIpc) is 2.96. The van der Waals surface area contributed by atoms with Crippen LogP contribution >= 0.6 is 0 Å². The van der Waals surface area contributed by atoms with Gasteiger partial charge < -0.3 is 4.98 Å². The van der Waals surface area contributed by atoms with Crippen molar-refractivity contribution in [3.05, 3.63) is 60.9 Å². The van der Waals surface area contributed by atoms with E-state index in [9.17, 15) is 4.39 Å². The Labute approximate surface area is 114 Å². The molecule has 0 aliphatic rings. The van der Waals surface area contributed by atoms with Gasteiger partial charge in [-0.1, -0.05) is 12.1 Å². The Morgan fingerprint density at radius 2 is 2.00 bits per heavy atom. The average molecular weight is 263 g/mol. The molecule has 2 aromatic heterocycles. The fraction of sp³-hybridized carbons (Fsp3) is 0. The highest BCUT2D eigenvalue weighted by Gasteiger charge is 2.11. The lowest BCUT2D eigenvalue weighted by Gasteiger charge is -2.07. The summed E-state index contributed by atoms with van der Waals surface area (Å²) in [6, 6.07) is 10.5. The molecule has 0 saturated carbocycles. The molecule has 96 valence electrons. The van der Waals surface area contributed by atoms with E-state index in [-0.39, 0.29) is 5.82 Å². The van der Waals surface area contributed by atoms with Gasteiger partial charge >= 0.3 is 0 Å². The number of halogens is 1. The standard InChI is InChI=1S/C16H10FN3/c17-11-3-1-2-10(6-11)13-7-15-14(8-18-9-20-15)12-4-5-19-16(12)13/h1-9H,(H,18,20). The summed E-state index contributed by atoms with van der Waals surface area (Å²) in [6.07, 6.45) is 5.21. The van der Waals surface area contributed by atoms with Crippen LogP contribution in [0.5, 0.6) is 0 Å². The number of aromatic amines is 1. The van der Waals surface area contributed by atoms with Crippen LogP contribution in [0.4, 0.5) is 4.39 Å². The molecule has 4 heteroatoms. The number of hydrogen-bond acceptors (Lipinski definition) is 2. The Morgan fingerprint density at radius 1 is 1.05 bits per heavy atom. The van der Waals surface area contributed by atoms with Crippen LogP contribution < -0.4 is 0 Å². The van der Waals surface area contributed by atoms with Gasteiger partial charge in [0.15, 0.2) is 0 Å². The molecule has 0 bridgehead atoms. The van der Waals surface area contributed by atoms with Crippen molar-refractivity contribution in [3.63, 3.8) is 0 Å². The van der Waals surface area contributed by atoms with Crippen LogP contribution in [0.3, 0.4) is 0 Å². The molecule has 0 atom stereocenters. The zero-order valence-corrected chi connectivity index (χ0v) is 10.5. The van der Waals surface area contributed by atoms with Crippen LogP contribution in [0.25, 0.3) is 32.9 Å². The molecule has 1 N–H and O–H groups in total. The maximum absolute atomic E-state index is 13.5. The van der Waals surface area contributed by atoms with Gasteiger partial charge in [0.1, 0.15) is 5.82 Å². The highest BCUT2D eigenvalue weighted by molar-refractivity contribution is 6.11. The number of fused-ring (bicyclic) bond motifs is 3. The van der Waals surface area contributed by atoms with Crippen molar-refractivity contribution in [2.45, 2.75) is 0 Å². The van der Waals surface area contributed by atoms with Crippen LogP contribution in [0.1, 0.15) is 0 Å². The third-order valence-electron chi connectivity index (χ3n) is 3.46. The fourth-order valence-electron chi connectivity index (χ4n) is 2.56. The van der Waals surface area contributed by atoms with Crippen molar-refractivity contribution in [3.8, 4) is 11.1 Å². The maximum Gasteiger partial charge on any atom is 0.123 e. The zero-order chi connectivity index (χ0) is 13.5. The van der Waals surface area contributed by atoms with Gasteiger partial charge in [0, 0.05) is 34.2 Å². The van der Waals surface area contributed by atoms with Crippen LogP contribution in [0.15, 0.2) is 55.1 Å². The Hall–Kier alpha value is -2.75. The molecule has 0 radical (unpaired) electrons. The third-order valence-corrected chi connectivity index (χ3v) is 3.46. The van der Waals surface area contributed by atoms with Crippen LogP contribution in [-0.2, 0) is 0 Å². The minimum atomic E-state index is -0.249. The number of aromatic nitrogens is 3. The summed E-state index contributed by atoms with van der Waals surface area (Å²) in [6.45, 7) is 0. The van der Waals surface area contributed by atoms with Gasteiger partial charge in [-0.15, -0.1) is 0 Å². The Bertz CT molecular complexity index is 927. The van der Waals surface area contributed by atoms with Gasteiger partial charge in [0.2, 0.25) is 0 Å². The van der Waals surface area contributed by atoms with E-state index in [1.165, 1.54) is 12.1 Å². The quantitative estimate of drug-likeness (QED) is 0.565. The highest BCUT2D eigenvalue weighted by atomic mass is 19.1. The van der Waals surface area contributed by atoms with Crippen molar-refractivity contribution in [2.24, 2.45) is 0 Å². The number of nitrogens with one attached hydrogen (secondary N) is 1. The van der Waals surface area contributed by atoms with Gasteiger partial charge in [-0.05, 0) is 29.8 Å². The second kappa shape index (κ2) is 4.13. The van der Waals surface area contributed by atoms with Gasteiger partial charge in [0.25, 0.3) is 0 Å². The van der Waals surface area contributed by atoms with Crippen molar-refractivity contribution >= 4 is 21.8 Å². The molecule has 0 fully saturated rings. The molecule has 2 heterocycles. The fourth-order valence-corrected chi connectivity index (χ4v) is 2.56. The van der Waals surface area contributed by atoms with Crippen LogP contribution in [0.2, 0.25) is 0 Å². The highest BCUT2D eigenvalue weighted by Crippen LogP contribution is 2.33. The monoisotopic (exact) mass is 263 g/mol. The molecule has 0 saturated heterocycles. The van der Waals surface area contributed by atoms with E-state index in [0.29, 0.717) is 0 Å². The van der Waals surface area contributed by atoms with E-state index < -0.39 is 0 Å². The zero-order valence-electron chi connectivity index (χ0n) is 10.5. The first-order valence-corrected chi connectivity index (χ1v) is 6.29. The molecule has 0 aliphatic heterocycles. The van der Waals surface area contributed by atoms with Gasteiger partial charge in [-0.3, -0.25) is 4.98 Å². The Morgan fingerprint density at radius 3 is 2.90 bits per heavy atom. The molecular formula is C16H10FN3. The largest absolute Gasteiger partial charge is 0.346 e. The summed E-state index contributed by atoms with van der Waals surface area (Å²) in [5.41, 5.74) is 3.56. The molecule has 3 nitrogen and oxygen atoms in total. The second-order valence-corrected chi connectivity index (χ2v) is 4.65. The molecule has 0 spiro atoms. The maximum atomic E-state index is 13.5. The van der Waals surface area contributed by atoms with Crippen LogP contribution in [-0.4, -0.2) is 15.0 Å². The normalized spacial score (nSPS) is 11.2. The van der Waals surface area contributed by atoms with Crippen molar-refractivity contribution in [2.75, 3.05) is 0 Å². The lowest BCUT2D eigenvalue weighted by Crippen LogP contribution is -1.87. The topological polar surface area (TPSA) is 41.6 Å². The van der Waals surface area contributed by atoms with Gasteiger partial charge in [0.05, 0.1) is 11.8 Å². The van der Waals surface area contributed by atoms with E-state index in [1.54, 1.807) is 18.6 Å². The number of nitrogens with zero attached hydrogens (tertiary/aromatic N) is 2. The lowest BCUT2D eigenvalue weighted by molar-refractivity contribution is 0.628. The van der Waals surface area contributed by atoms with Crippen molar-refractivity contribution < 1.29 is 4.39 Å². The summed E-state index contributed by atoms with van der Waals surface area (Å²) in [5.74, 6) is -0.249. The summed E-state index contributed by atoms with van der Waals surface area (Å²) in [4.78, 5) is 11.7. The number of H-pyrrole nitrogens is 1. The Kier molecular flexibility index (Phi) is 2.29. The molecule has 4 rings (SSSR count). The van der Waals surface area contributed by atoms with E-state index in [0.717, 1.165) is 32.9 Å². The predicted octanol–water partition coefficient (Wildman–Crippen LogP) is 3.92. The minimum absolute atomic E-state index is 0.249. The summed E-state index contributed by atoms with van der Waals surface area (Å²) >= 11 is 0.